The monoisotopic (exact) mass is 168 g/mol. The van der Waals surface area contributed by atoms with Gasteiger partial charge in [0.2, 0.25) is 0 Å². The van der Waals surface area contributed by atoms with Crippen molar-refractivity contribution in [2.45, 2.75) is 58.5 Å². The van der Waals surface area contributed by atoms with Crippen LogP contribution in [0.3, 0.4) is 0 Å². The van der Waals surface area contributed by atoms with Gasteiger partial charge in [-0.05, 0) is 26.7 Å². The predicted octanol–water partition coefficient (Wildman–Crippen LogP) is 2.46. The van der Waals surface area contributed by atoms with E-state index in [-0.39, 0.29) is 5.54 Å². The van der Waals surface area contributed by atoms with Gasteiger partial charge in [0.1, 0.15) is 5.54 Å². The van der Waals surface area contributed by atoms with Gasteiger partial charge >= 0.3 is 0 Å². The zero-order valence-electron chi connectivity index (χ0n) is 8.65. The summed E-state index contributed by atoms with van der Waals surface area (Å²) < 4.78 is 0. The summed E-state index contributed by atoms with van der Waals surface area (Å²) >= 11 is 0. The molecule has 0 aliphatic rings. The van der Waals surface area contributed by atoms with Crippen molar-refractivity contribution >= 4 is 0 Å². The summed E-state index contributed by atoms with van der Waals surface area (Å²) in [5.74, 6) is 0. The molecule has 2 unspecified atom stereocenters. The Hall–Kier alpha value is -0.550. The van der Waals surface area contributed by atoms with E-state index in [4.69, 9.17) is 5.26 Å². The molecule has 12 heavy (non-hydrogen) atoms. The van der Waals surface area contributed by atoms with Crippen LogP contribution in [0.2, 0.25) is 0 Å². The minimum Gasteiger partial charge on any atom is -0.297 e. The van der Waals surface area contributed by atoms with Crippen LogP contribution in [-0.2, 0) is 0 Å². The Labute approximate surface area is 76.0 Å². The molecule has 0 bridgehead atoms. The van der Waals surface area contributed by atoms with Crippen LogP contribution in [-0.4, -0.2) is 11.6 Å². The number of nitrogens with zero attached hydrogens (tertiary/aromatic N) is 1. The molecule has 0 spiro atoms. The van der Waals surface area contributed by atoms with Crippen LogP contribution in [0.15, 0.2) is 0 Å². The highest BCUT2D eigenvalue weighted by molar-refractivity contribution is 5.04. The summed E-state index contributed by atoms with van der Waals surface area (Å²) in [6.45, 7) is 8.32. The molecule has 2 atom stereocenters. The van der Waals surface area contributed by atoms with E-state index in [1.807, 2.05) is 6.92 Å². The highest BCUT2D eigenvalue weighted by Gasteiger charge is 2.23. The van der Waals surface area contributed by atoms with Crippen LogP contribution in [0.25, 0.3) is 0 Å². The number of hydrogen-bond acceptors (Lipinski definition) is 2. The molecule has 0 aromatic carbocycles. The third kappa shape index (κ3) is 3.73. The van der Waals surface area contributed by atoms with Crippen LogP contribution in [0.4, 0.5) is 0 Å². The van der Waals surface area contributed by atoms with Crippen molar-refractivity contribution in [3.8, 4) is 6.07 Å². The van der Waals surface area contributed by atoms with Crippen LogP contribution in [0.1, 0.15) is 47.0 Å². The van der Waals surface area contributed by atoms with E-state index < -0.39 is 0 Å². The van der Waals surface area contributed by atoms with E-state index in [2.05, 4.69) is 32.2 Å². The first-order valence-corrected chi connectivity index (χ1v) is 4.77. The fourth-order valence-electron chi connectivity index (χ4n) is 1.31. The zero-order chi connectivity index (χ0) is 9.61. The van der Waals surface area contributed by atoms with Gasteiger partial charge < -0.3 is 0 Å². The van der Waals surface area contributed by atoms with Crippen LogP contribution in [0.5, 0.6) is 0 Å². The molecule has 0 aliphatic carbocycles. The van der Waals surface area contributed by atoms with Crippen molar-refractivity contribution in [2.24, 2.45) is 0 Å². The van der Waals surface area contributed by atoms with Crippen LogP contribution < -0.4 is 5.32 Å². The largest absolute Gasteiger partial charge is 0.297 e. The molecule has 0 amide bonds. The lowest BCUT2D eigenvalue weighted by Gasteiger charge is -2.26. The molecule has 0 fully saturated rings. The Morgan fingerprint density at radius 2 is 2.08 bits per heavy atom. The molecule has 2 heteroatoms. The van der Waals surface area contributed by atoms with E-state index in [0.29, 0.717) is 6.04 Å². The Morgan fingerprint density at radius 3 is 2.42 bits per heavy atom. The number of rotatable bonds is 5. The molecular formula is C10H20N2. The molecule has 0 heterocycles. The van der Waals surface area contributed by atoms with Crippen molar-refractivity contribution in [1.29, 1.82) is 5.26 Å². The molecule has 0 saturated carbocycles. The van der Waals surface area contributed by atoms with Gasteiger partial charge in [-0.3, -0.25) is 5.32 Å². The summed E-state index contributed by atoms with van der Waals surface area (Å²) in [6.07, 6.45) is 3.04. The Kier molecular flexibility index (Phi) is 4.92. The topological polar surface area (TPSA) is 35.8 Å². The van der Waals surface area contributed by atoms with Gasteiger partial charge in [0, 0.05) is 6.04 Å². The molecule has 0 radical (unpaired) electrons. The standard InChI is InChI=1S/C10H20N2/c1-5-7-10(4,8-11)12-9(3)6-2/h9,12H,5-7H2,1-4H3. The summed E-state index contributed by atoms with van der Waals surface area (Å²) in [6, 6.07) is 2.77. The Bertz CT molecular complexity index is 160. The smallest absolute Gasteiger partial charge is 0.104 e. The summed E-state index contributed by atoms with van der Waals surface area (Å²) in [7, 11) is 0. The minimum absolute atomic E-state index is 0.329. The lowest BCUT2D eigenvalue weighted by molar-refractivity contribution is 0.361. The third-order valence-electron chi connectivity index (χ3n) is 2.17. The van der Waals surface area contributed by atoms with Gasteiger partial charge in [-0.1, -0.05) is 20.3 Å². The fourth-order valence-corrected chi connectivity index (χ4v) is 1.31. The summed E-state index contributed by atoms with van der Waals surface area (Å²) in [5, 5.41) is 12.3. The van der Waals surface area contributed by atoms with Crippen molar-refractivity contribution in [1.82, 2.24) is 5.32 Å². The maximum absolute atomic E-state index is 8.95. The second-order valence-corrected chi connectivity index (χ2v) is 3.65. The molecule has 70 valence electrons. The number of nitriles is 1. The Balaban J connectivity index is 4.06. The molecule has 0 aliphatic heterocycles. The summed E-state index contributed by atoms with van der Waals surface area (Å²) in [4.78, 5) is 0. The van der Waals surface area contributed by atoms with E-state index in [0.717, 1.165) is 19.3 Å². The molecule has 0 aromatic heterocycles. The lowest BCUT2D eigenvalue weighted by atomic mass is 9.97. The highest BCUT2D eigenvalue weighted by Crippen LogP contribution is 2.12. The first-order valence-electron chi connectivity index (χ1n) is 4.77. The lowest BCUT2D eigenvalue weighted by Crippen LogP contribution is -2.45. The molecule has 2 nitrogen and oxygen atoms in total. The maximum atomic E-state index is 8.95. The number of nitrogens with one attached hydrogen (secondary N) is 1. The van der Waals surface area contributed by atoms with Gasteiger partial charge in [0.25, 0.3) is 0 Å². The molecular weight excluding hydrogens is 148 g/mol. The van der Waals surface area contributed by atoms with Gasteiger partial charge in [0.15, 0.2) is 0 Å². The van der Waals surface area contributed by atoms with Crippen LogP contribution in [0, 0.1) is 11.3 Å². The normalized spacial score (nSPS) is 17.9. The molecule has 1 N–H and O–H groups in total. The van der Waals surface area contributed by atoms with E-state index >= 15 is 0 Å². The zero-order valence-corrected chi connectivity index (χ0v) is 8.65. The SMILES string of the molecule is CCCC(C)(C#N)NC(C)CC. The average molecular weight is 168 g/mol. The number of hydrogen-bond donors (Lipinski definition) is 1. The quantitative estimate of drug-likeness (QED) is 0.684. The first-order chi connectivity index (χ1) is 5.58. The average Bonchev–Trinajstić information content (AvgIpc) is 2.05. The van der Waals surface area contributed by atoms with Gasteiger partial charge in [-0.25, -0.2) is 0 Å². The fraction of sp³-hybridized carbons (Fsp3) is 0.900. The molecule has 0 rings (SSSR count). The van der Waals surface area contributed by atoms with Crippen molar-refractivity contribution in [2.75, 3.05) is 0 Å². The van der Waals surface area contributed by atoms with Gasteiger partial charge in [-0.15, -0.1) is 0 Å². The van der Waals surface area contributed by atoms with E-state index in [1.165, 1.54) is 0 Å². The maximum Gasteiger partial charge on any atom is 0.104 e. The van der Waals surface area contributed by atoms with Gasteiger partial charge in [0.05, 0.1) is 6.07 Å². The first kappa shape index (κ1) is 11.4. The predicted molar refractivity (Wildman–Crippen MR) is 51.8 cm³/mol. The van der Waals surface area contributed by atoms with E-state index in [1.54, 1.807) is 0 Å². The van der Waals surface area contributed by atoms with Crippen molar-refractivity contribution < 1.29 is 0 Å². The Morgan fingerprint density at radius 1 is 1.50 bits per heavy atom. The minimum atomic E-state index is -0.329. The molecule has 0 saturated heterocycles. The highest BCUT2D eigenvalue weighted by atomic mass is 15.0. The van der Waals surface area contributed by atoms with Crippen LogP contribution >= 0.6 is 0 Å². The van der Waals surface area contributed by atoms with Gasteiger partial charge in [-0.2, -0.15) is 5.26 Å². The molecule has 0 aromatic rings. The summed E-state index contributed by atoms with van der Waals surface area (Å²) in [5.41, 5.74) is -0.329. The second kappa shape index (κ2) is 5.16. The van der Waals surface area contributed by atoms with Crippen molar-refractivity contribution in [3.63, 3.8) is 0 Å². The third-order valence-corrected chi connectivity index (χ3v) is 2.17. The second-order valence-electron chi connectivity index (χ2n) is 3.65. The van der Waals surface area contributed by atoms with E-state index in [9.17, 15) is 0 Å². The van der Waals surface area contributed by atoms with Crippen molar-refractivity contribution in [3.05, 3.63) is 0 Å².